The first kappa shape index (κ1) is 25.5. The van der Waals surface area contributed by atoms with E-state index in [9.17, 15) is 10.2 Å². The van der Waals surface area contributed by atoms with Crippen LogP contribution in [0.1, 0.15) is 113 Å². The summed E-state index contributed by atoms with van der Waals surface area (Å²) in [4.78, 5) is 0. The number of nitrogens with two attached hydrogens (primary N) is 1. The number of hydrogen-bond donors (Lipinski definition) is 3. The molecule has 4 nitrogen and oxygen atoms in total. The molecule has 0 amide bonds. The van der Waals surface area contributed by atoms with E-state index in [4.69, 9.17) is 10.5 Å². The molecule has 1 heterocycles. The van der Waals surface area contributed by atoms with Crippen LogP contribution in [0.3, 0.4) is 0 Å². The Morgan fingerprint density at radius 3 is 2.09 bits per heavy atom. The maximum Gasteiger partial charge on any atom is 0.0865 e. The highest BCUT2D eigenvalue weighted by atomic mass is 16.5. The van der Waals surface area contributed by atoms with Crippen LogP contribution in [-0.4, -0.2) is 39.7 Å². The predicted molar refractivity (Wildman–Crippen MR) is 137 cm³/mol. The summed E-state index contributed by atoms with van der Waals surface area (Å²) in [5, 5.41) is 22.6. The fraction of sp³-hybridized carbons (Fsp3) is 1.00. The molecule has 0 aromatic heterocycles. The third kappa shape index (κ3) is 3.16. The van der Waals surface area contributed by atoms with E-state index in [1.807, 2.05) is 13.8 Å². The third-order valence-electron chi connectivity index (χ3n) is 13.4. The van der Waals surface area contributed by atoms with Gasteiger partial charge in [0.15, 0.2) is 0 Å². The van der Waals surface area contributed by atoms with E-state index in [-0.39, 0.29) is 51.4 Å². The van der Waals surface area contributed by atoms with Crippen LogP contribution in [-0.2, 0) is 4.74 Å². The lowest BCUT2D eigenvalue weighted by Gasteiger charge is -2.70. The summed E-state index contributed by atoms with van der Waals surface area (Å²) in [6.45, 7) is 18.5. The number of aliphatic hydroxyl groups excluding tert-OH is 1. The Bertz CT molecular complexity index is 820. The van der Waals surface area contributed by atoms with Gasteiger partial charge in [-0.25, -0.2) is 0 Å². The number of aliphatic hydroxyl groups is 2. The van der Waals surface area contributed by atoms with Gasteiger partial charge in [0.25, 0.3) is 0 Å². The molecule has 5 fully saturated rings. The molecule has 5 aliphatic rings. The number of ether oxygens (including phenoxy) is 1. The van der Waals surface area contributed by atoms with E-state index < -0.39 is 5.60 Å². The monoisotopic (exact) mass is 475 g/mol. The van der Waals surface area contributed by atoms with Crippen LogP contribution in [0.15, 0.2) is 0 Å². The molecular weight excluding hydrogens is 422 g/mol. The summed E-state index contributed by atoms with van der Waals surface area (Å²) in [7, 11) is 0. The zero-order valence-electron chi connectivity index (χ0n) is 23.3. The minimum absolute atomic E-state index is 0.114. The van der Waals surface area contributed by atoms with Crippen LogP contribution >= 0.6 is 0 Å². The summed E-state index contributed by atoms with van der Waals surface area (Å²) >= 11 is 0. The van der Waals surface area contributed by atoms with Crippen LogP contribution in [0.4, 0.5) is 0 Å². The summed E-state index contributed by atoms with van der Waals surface area (Å²) < 4.78 is 6.68. The zero-order chi connectivity index (χ0) is 25.1. The van der Waals surface area contributed by atoms with Gasteiger partial charge < -0.3 is 20.7 Å². The standard InChI is InChI=1S/C30H53NO3/c1-25(2)20-10-15-28(6)21(27(20,5)13-11-22(25)31)17-19(32)24-18(9-14-29(24,28)7)30(8)16-12-23(34-30)26(3,4)33/h18-24,32-33H,9-17,31H2,1-8H3/t18-,19+,20-,21+,22+,23+,24-,27-,28+,29+,30-/m0/s1. The van der Waals surface area contributed by atoms with Gasteiger partial charge in [-0.1, -0.05) is 34.6 Å². The SMILES string of the molecule is CC(C)(O)[C@H]1CC[C@@](C)([C@H]2CC[C@]3(C)[C@@H]2[C@H](O)C[C@@H]2[C@@]4(C)CC[C@@H](N)C(C)(C)[C@@H]4CC[C@]23C)O1. The van der Waals surface area contributed by atoms with E-state index >= 15 is 0 Å². The normalized spacial score (nSPS) is 57.1. The third-order valence-corrected chi connectivity index (χ3v) is 13.4. The Balaban J connectivity index is 1.48. The maximum atomic E-state index is 11.9. The minimum Gasteiger partial charge on any atom is -0.393 e. The second-order valence-electron chi connectivity index (χ2n) is 15.5. The molecule has 5 rings (SSSR count). The lowest BCUT2D eigenvalue weighted by molar-refractivity contribution is -0.239. The van der Waals surface area contributed by atoms with Crippen LogP contribution < -0.4 is 5.73 Å². The number of hydrogen-bond acceptors (Lipinski definition) is 4. The van der Waals surface area contributed by atoms with E-state index in [0.29, 0.717) is 17.8 Å². The van der Waals surface area contributed by atoms with Gasteiger partial charge in [-0.2, -0.15) is 0 Å². The average Bonchev–Trinajstić information content (AvgIpc) is 3.30. The molecule has 1 saturated heterocycles. The zero-order valence-corrected chi connectivity index (χ0v) is 23.3. The lowest BCUT2D eigenvalue weighted by atomic mass is 9.35. The molecule has 0 aromatic carbocycles. The molecule has 0 aromatic rings. The van der Waals surface area contributed by atoms with Gasteiger partial charge in [0.1, 0.15) is 0 Å². The van der Waals surface area contributed by atoms with E-state index in [1.54, 1.807) is 0 Å². The molecule has 0 spiro atoms. The quantitative estimate of drug-likeness (QED) is 0.480. The highest BCUT2D eigenvalue weighted by Gasteiger charge is 2.71. The van der Waals surface area contributed by atoms with Crippen molar-refractivity contribution in [2.24, 2.45) is 51.1 Å². The Morgan fingerprint density at radius 1 is 0.824 bits per heavy atom. The van der Waals surface area contributed by atoms with Crippen molar-refractivity contribution < 1.29 is 14.9 Å². The van der Waals surface area contributed by atoms with Crippen molar-refractivity contribution in [2.75, 3.05) is 0 Å². The van der Waals surface area contributed by atoms with Gasteiger partial charge in [-0.15, -0.1) is 0 Å². The topological polar surface area (TPSA) is 75.7 Å². The second-order valence-corrected chi connectivity index (χ2v) is 15.5. The molecule has 4 heteroatoms. The minimum atomic E-state index is -0.816. The van der Waals surface area contributed by atoms with E-state index in [2.05, 4.69) is 41.5 Å². The Morgan fingerprint density at radius 2 is 1.47 bits per heavy atom. The molecular formula is C30H53NO3. The van der Waals surface area contributed by atoms with Gasteiger partial charge in [0, 0.05) is 6.04 Å². The molecule has 196 valence electrons. The first-order chi connectivity index (χ1) is 15.5. The first-order valence-electron chi connectivity index (χ1n) is 14.3. The lowest BCUT2D eigenvalue weighted by Crippen LogP contribution is -2.67. The van der Waals surface area contributed by atoms with Crippen molar-refractivity contribution in [3.8, 4) is 0 Å². The van der Waals surface area contributed by atoms with Crippen LogP contribution in [0.5, 0.6) is 0 Å². The second kappa shape index (κ2) is 7.45. The van der Waals surface area contributed by atoms with Gasteiger partial charge in [-0.05, 0) is 124 Å². The van der Waals surface area contributed by atoms with Gasteiger partial charge in [0.2, 0.25) is 0 Å². The largest absolute Gasteiger partial charge is 0.393 e. The maximum absolute atomic E-state index is 11.9. The van der Waals surface area contributed by atoms with Crippen molar-refractivity contribution in [1.82, 2.24) is 0 Å². The summed E-state index contributed by atoms with van der Waals surface area (Å²) in [6.07, 6.45) is 9.58. The molecule has 34 heavy (non-hydrogen) atoms. The predicted octanol–water partition coefficient (Wildman–Crippen LogP) is 5.68. The van der Waals surface area contributed by atoms with E-state index in [1.165, 1.54) is 25.7 Å². The first-order valence-corrected chi connectivity index (χ1v) is 14.3. The summed E-state index contributed by atoms with van der Waals surface area (Å²) in [5.41, 5.74) is 6.38. The number of fused-ring (bicyclic) bond motifs is 5. The van der Waals surface area contributed by atoms with Crippen molar-refractivity contribution >= 4 is 0 Å². The van der Waals surface area contributed by atoms with Crippen molar-refractivity contribution in [2.45, 2.75) is 143 Å². The van der Waals surface area contributed by atoms with Crippen LogP contribution in [0, 0.1) is 45.3 Å². The Labute approximate surface area is 208 Å². The van der Waals surface area contributed by atoms with Crippen molar-refractivity contribution in [3.63, 3.8) is 0 Å². The molecule has 11 atom stereocenters. The molecule has 0 radical (unpaired) electrons. The average molecular weight is 476 g/mol. The highest BCUT2D eigenvalue weighted by Crippen LogP contribution is 2.76. The Hall–Kier alpha value is -0.160. The fourth-order valence-corrected chi connectivity index (χ4v) is 11.1. The molecule has 4 aliphatic carbocycles. The molecule has 0 bridgehead atoms. The van der Waals surface area contributed by atoms with Crippen LogP contribution in [0.2, 0.25) is 0 Å². The molecule has 4 N–H and O–H groups in total. The summed E-state index contributed by atoms with van der Waals surface area (Å²) in [6, 6.07) is 0.283. The summed E-state index contributed by atoms with van der Waals surface area (Å²) in [5.74, 6) is 1.81. The van der Waals surface area contributed by atoms with Crippen molar-refractivity contribution in [3.05, 3.63) is 0 Å². The van der Waals surface area contributed by atoms with Gasteiger partial charge >= 0.3 is 0 Å². The highest BCUT2D eigenvalue weighted by molar-refractivity contribution is 5.20. The van der Waals surface area contributed by atoms with Gasteiger partial charge in [-0.3, -0.25) is 0 Å². The fourth-order valence-electron chi connectivity index (χ4n) is 11.1. The van der Waals surface area contributed by atoms with Crippen molar-refractivity contribution in [1.29, 1.82) is 0 Å². The molecule has 4 saturated carbocycles. The number of rotatable bonds is 2. The van der Waals surface area contributed by atoms with Gasteiger partial charge in [0.05, 0.1) is 23.4 Å². The van der Waals surface area contributed by atoms with E-state index in [0.717, 1.165) is 32.1 Å². The Kier molecular flexibility index (Phi) is 5.59. The smallest absolute Gasteiger partial charge is 0.0865 e. The molecule has 0 unspecified atom stereocenters. The van der Waals surface area contributed by atoms with Crippen LogP contribution in [0.25, 0.3) is 0 Å². The molecule has 1 aliphatic heterocycles.